The topological polar surface area (TPSA) is 37.3 Å². The van der Waals surface area contributed by atoms with Gasteiger partial charge in [-0.2, -0.15) is 0 Å². The fraction of sp³-hybridized carbons (Fsp3) is 0.250. The minimum atomic E-state index is -0.574. The van der Waals surface area contributed by atoms with Crippen molar-refractivity contribution in [2.75, 3.05) is 0 Å². The van der Waals surface area contributed by atoms with E-state index in [4.69, 9.17) is 1.43 Å². The van der Waals surface area contributed by atoms with Gasteiger partial charge >= 0.3 is 5.97 Å². The van der Waals surface area contributed by atoms with Crippen LogP contribution in [0.25, 0.3) is 1.43 Å². The van der Waals surface area contributed by atoms with Gasteiger partial charge in [-0.05, 0) is 0 Å². The van der Waals surface area contributed by atoms with E-state index in [1.807, 2.05) is 0 Å². The summed E-state index contributed by atoms with van der Waals surface area (Å²) in [5.41, 5.74) is 0. The Morgan fingerprint density at radius 1 is 2.33 bits per heavy atom. The van der Waals surface area contributed by atoms with Crippen LogP contribution in [0.5, 0.6) is 0 Å². The van der Waals surface area contributed by atoms with Gasteiger partial charge in [-0.1, -0.05) is 6.08 Å². The molecule has 0 radical (unpaired) electrons. The summed E-state index contributed by atoms with van der Waals surface area (Å²) in [5.74, 6) is -0.574. The Hall–Kier alpha value is -0.790. The molecule has 0 spiro atoms. The molecule has 0 aliphatic rings. The number of rotatable bonds is 2. The number of carbonyl (C=O) groups is 1. The molecule has 0 rings (SSSR count). The van der Waals surface area contributed by atoms with Gasteiger partial charge in [0.2, 0.25) is 0 Å². The fourth-order valence-corrected chi connectivity index (χ4v) is 0.118. The number of aliphatic carboxylic acids is 1. The highest BCUT2D eigenvalue weighted by molar-refractivity contribution is 5.68. The molecule has 0 heterocycles. The molecule has 0 aliphatic carbocycles. The van der Waals surface area contributed by atoms with Crippen molar-refractivity contribution in [2.45, 2.75) is 6.42 Å². The van der Waals surface area contributed by atoms with Gasteiger partial charge in [-0.15, -0.1) is 6.58 Å². The van der Waals surface area contributed by atoms with Crippen LogP contribution in [0.4, 0.5) is 0 Å². The third-order valence-electron chi connectivity index (χ3n) is 0.311. The van der Waals surface area contributed by atoms with Gasteiger partial charge in [-0.25, -0.2) is 0 Å². The lowest BCUT2D eigenvalue weighted by Gasteiger charge is -1.75. The molecule has 0 fully saturated rings. The second-order valence-electron chi connectivity index (χ2n) is 0.865. The smallest absolute Gasteiger partial charge is 0.307 e. The standard InChI is InChI=1S/C4H6O2/c1-2-3-4(5)6/h2H,1,3H2,(H,5,6)/i/hD. The first-order valence-corrected chi connectivity index (χ1v) is 1.58. The first kappa shape index (κ1) is 3.40. The molecular weight excluding hydrogens is 80.0 g/mol. The van der Waals surface area contributed by atoms with Crippen LogP contribution in [0.1, 0.15) is 6.42 Å². The van der Waals surface area contributed by atoms with Crippen molar-refractivity contribution in [3.8, 4) is 0 Å². The summed E-state index contributed by atoms with van der Waals surface area (Å²) in [7, 11) is 0. The molecule has 34 valence electrons. The van der Waals surface area contributed by atoms with Gasteiger partial charge in [0.15, 0.2) is 0 Å². The van der Waals surface area contributed by atoms with Crippen LogP contribution in [0.15, 0.2) is 12.7 Å². The molecule has 0 saturated carbocycles. The fourth-order valence-electron chi connectivity index (χ4n) is 0.118. The van der Waals surface area contributed by atoms with Gasteiger partial charge in [0.1, 0.15) is 0 Å². The molecule has 2 nitrogen and oxygen atoms in total. The van der Waals surface area contributed by atoms with Crippen LogP contribution in [0.2, 0.25) is 0 Å². The lowest BCUT2D eigenvalue weighted by molar-refractivity contribution is -0.135. The van der Waals surface area contributed by atoms with E-state index in [0.29, 0.717) is 0 Å². The van der Waals surface area contributed by atoms with Crippen LogP contribution in [0.3, 0.4) is 0 Å². The number of carboxylic acids is 1. The molecule has 0 unspecified atom stereocenters. The number of hydrogen-bond donors (Lipinski definition) is 1. The predicted octanol–water partition coefficient (Wildman–Crippen LogP) is 0.647. The molecule has 0 aromatic rings. The first-order chi connectivity index (χ1) is 3.31. The molecule has 0 atom stereocenters. The zero-order chi connectivity index (χ0) is 5.70. The van der Waals surface area contributed by atoms with Crippen LogP contribution in [0, 0.1) is 0 Å². The summed E-state index contributed by atoms with van der Waals surface area (Å²) in [5, 5.41) is 3.53. The van der Waals surface area contributed by atoms with Crippen LogP contribution in [-0.4, -0.2) is 11.1 Å². The highest BCUT2D eigenvalue weighted by atomic mass is 16.4. The normalized spacial score (nSPS) is 9.00. The largest absolute Gasteiger partial charge is 0.481 e. The second-order valence-corrected chi connectivity index (χ2v) is 0.865. The van der Waals surface area contributed by atoms with Gasteiger partial charge in [0.25, 0.3) is 1.43 Å². The van der Waals surface area contributed by atoms with Crippen molar-refractivity contribution in [1.82, 2.24) is 0 Å². The summed E-state index contributed by atoms with van der Waals surface area (Å²) in [6.45, 7) is 3.26. The van der Waals surface area contributed by atoms with E-state index >= 15 is 0 Å². The number of hydrogen-bond acceptors (Lipinski definition) is 2. The monoisotopic (exact) mass is 87.0 g/mol. The average Bonchev–Trinajstić information content (AvgIpc) is 1.68. The quantitative estimate of drug-likeness (QED) is 0.502. The van der Waals surface area contributed by atoms with Crippen molar-refractivity contribution in [3.63, 3.8) is 0 Å². The molecule has 0 amide bonds. The predicted molar refractivity (Wildman–Crippen MR) is 22.4 cm³/mol. The van der Waals surface area contributed by atoms with Crippen molar-refractivity contribution in [2.24, 2.45) is 0 Å². The third-order valence-corrected chi connectivity index (χ3v) is 0.311. The van der Waals surface area contributed by atoms with Gasteiger partial charge in [-0.3, -0.25) is 4.79 Å². The van der Waals surface area contributed by atoms with E-state index in [1.165, 1.54) is 6.08 Å². The highest BCUT2D eigenvalue weighted by Gasteiger charge is 1.84. The highest BCUT2D eigenvalue weighted by Crippen LogP contribution is 1.74. The summed E-state index contributed by atoms with van der Waals surface area (Å²) < 4.78 is 6.01. The zero-order valence-electron chi connectivity index (χ0n) is 4.31. The van der Waals surface area contributed by atoms with Crippen molar-refractivity contribution in [1.29, 1.82) is 1.43 Å². The Balaban J connectivity index is 3.17. The van der Waals surface area contributed by atoms with E-state index in [9.17, 15) is 4.79 Å². The Morgan fingerprint density at radius 3 is 3.17 bits per heavy atom. The van der Waals surface area contributed by atoms with E-state index in [1.54, 1.807) is 0 Å². The first-order valence-electron chi connectivity index (χ1n) is 1.99. The summed E-state index contributed by atoms with van der Waals surface area (Å²) >= 11 is 0. The summed E-state index contributed by atoms with van der Waals surface area (Å²) in [6.07, 6.45) is 1.50. The second kappa shape index (κ2) is 2.45. The molecule has 1 N–H and O–H groups in total. The van der Waals surface area contributed by atoms with Gasteiger partial charge in [0.05, 0.1) is 6.42 Å². The van der Waals surface area contributed by atoms with E-state index < -0.39 is 5.97 Å². The SMILES string of the molecule is [2H]OC(=O)CC=C. The molecule has 0 aromatic heterocycles. The van der Waals surface area contributed by atoms with E-state index in [0.717, 1.165) is 0 Å². The average molecular weight is 87.1 g/mol. The summed E-state index contributed by atoms with van der Waals surface area (Å²) in [4.78, 5) is 9.93. The lowest BCUT2D eigenvalue weighted by Crippen LogP contribution is -1.88. The lowest BCUT2D eigenvalue weighted by atomic mass is 10.4. The molecule has 0 aliphatic heterocycles. The van der Waals surface area contributed by atoms with E-state index in [-0.39, 0.29) is 6.42 Å². The summed E-state index contributed by atoms with van der Waals surface area (Å²) in [6, 6.07) is 0. The van der Waals surface area contributed by atoms with Crippen LogP contribution >= 0.6 is 0 Å². The Labute approximate surface area is 37.6 Å². The minimum absolute atomic E-state index is 0.115. The molecular formula is C4H6O2. The van der Waals surface area contributed by atoms with Gasteiger partial charge in [0, 0.05) is 0 Å². The van der Waals surface area contributed by atoms with Gasteiger partial charge < -0.3 is 5.11 Å². The molecule has 6 heavy (non-hydrogen) atoms. The maximum Gasteiger partial charge on any atom is 0.307 e. The zero-order valence-corrected chi connectivity index (χ0v) is 3.31. The molecule has 0 saturated heterocycles. The molecule has 0 aromatic carbocycles. The van der Waals surface area contributed by atoms with Crippen LogP contribution in [-0.2, 0) is 4.79 Å². The Morgan fingerprint density at radius 2 is 3.00 bits per heavy atom. The van der Waals surface area contributed by atoms with Crippen molar-refractivity contribution in [3.05, 3.63) is 12.7 Å². The maximum atomic E-state index is 9.93. The molecule has 2 heteroatoms. The van der Waals surface area contributed by atoms with Crippen molar-refractivity contribution >= 4 is 5.97 Å². The molecule has 0 bridgehead atoms. The maximum absolute atomic E-state index is 9.93. The Kier molecular flexibility index (Phi) is 1.39. The van der Waals surface area contributed by atoms with E-state index in [2.05, 4.69) is 11.7 Å². The minimum Gasteiger partial charge on any atom is -0.481 e. The van der Waals surface area contributed by atoms with Crippen molar-refractivity contribution < 1.29 is 9.90 Å². The number of carboxylic acid groups (broad SMARTS) is 1. The Bertz CT molecular complexity index is 79.8. The third kappa shape index (κ3) is 3.21. The van der Waals surface area contributed by atoms with Crippen LogP contribution < -0.4 is 0 Å².